The van der Waals surface area contributed by atoms with E-state index in [4.69, 9.17) is 0 Å². The highest BCUT2D eigenvalue weighted by molar-refractivity contribution is 5.80. The predicted molar refractivity (Wildman–Crippen MR) is 59.7 cm³/mol. The van der Waals surface area contributed by atoms with E-state index in [0.29, 0.717) is 5.82 Å². The maximum atomic E-state index is 11.3. The van der Waals surface area contributed by atoms with Crippen molar-refractivity contribution in [3.63, 3.8) is 0 Å². The highest BCUT2D eigenvalue weighted by Gasteiger charge is 2.11. The first kappa shape index (κ1) is 10.6. The van der Waals surface area contributed by atoms with E-state index in [0.717, 1.165) is 11.0 Å². The monoisotopic (exact) mass is 219 g/mol. The van der Waals surface area contributed by atoms with E-state index >= 15 is 0 Å². The van der Waals surface area contributed by atoms with Crippen LogP contribution in [0.15, 0.2) is 24.3 Å². The Morgan fingerprint density at radius 2 is 2.25 bits per heavy atom. The molecule has 0 fully saturated rings. The highest BCUT2D eigenvalue weighted by atomic mass is 16.3. The lowest BCUT2D eigenvalue weighted by atomic mass is 10.3. The zero-order chi connectivity index (χ0) is 11.5. The molecular weight excluding hydrogens is 206 g/mol. The summed E-state index contributed by atoms with van der Waals surface area (Å²) in [6, 6.07) is 7.49. The Morgan fingerprint density at radius 1 is 1.50 bits per heavy atom. The molecule has 1 amide bonds. The number of para-hydroxylation sites is 2. The summed E-state index contributed by atoms with van der Waals surface area (Å²) in [7, 11) is 1.58. The number of nitrogens with one attached hydrogen (secondary N) is 1. The summed E-state index contributed by atoms with van der Waals surface area (Å²) in [4.78, 5) is 15.6. The molecule has 0 atom stereocenters. The molecule has 2 N–H and O–H groups in total. The summed E-state index contributed by atoms with van der Waals surface area (Å²) in [6.45, 7) is -0.00141. The fraction of sp³-hybridized carbons (Fsp3) is 0.273. The van der Waals surface area contributed by atoms with Crippen molar-refractivity contribution >= 4 is 16.9 Å². The number of amides is 1. The van der Waals surface area contributed by atoms with Gasteiger partial charge in [0.05, 0.1) is 11.0 Å². The third kappa shape index (κ3) is 1.77. The van der Waals surface area contributed by atoms with Crippen LogP contribution in [-0.2, 0) is 17.9 Å². The summed E-state index contributed by atoms with van der Waals surface area (Å²) in [6.07, 6.45) is 0. The average molecular weight is 219 g/mol. The molecule has 5 nitrogen and oxygen atoms in total. The van der Waals surface area contributed by atoms with Crippen molar-refractivity contribution in [2.75, 3.05) is 7.05 Å². The minimum absolute atomic E-state index is 0.113. The quantitative estimate of drug-likeness (QED) is 0.779. The zero-order valence-electron chi connectivity index (χ0n) is 8.97. The maximum Gasteiger partial charge on any atom is 0.239 e. The number of hydrogen-bond donors (Lipinski definition) is 2. The summed E-state index contributed by atoms with van der Waals surface area (Å²) in [5.41, 5.74) is 1.64. The van der Waals surface area contributed by atoms with E-state index in [1.807, 2.05) is 24.3 Å². The summed E-state index contributed by atoms with van der Waals surface area (Å²) in [5, 5.41) is 11.7. The van der Waals surface area contributed by atoms with Gasteiger partial charge in [-0.15, -0.1) is 0 Å². The van der Waals surface area contributed by atoms with Crippen LogP contribution in [0.4, 0.5) is 0 Å². The molecule has 0 aliphatic heterocycles. The molecule has 1 aromatic heterocycles. The zero-order valence-corrected chi connectivity index (χ0v) is 8.97. The maximum absolute atomic E-state index is 11.3. The van der Waals surface area contributed by atoms with Crippen molar-refractivity contribution in [1.82, 2.24) is 14.9 Å². The Morgan fingerprint density at radius 3 is 2.94 bits per heavy atom. The number of benzene rings is 1. The average Bonchev–Trinajstić information content (AvgIpc) is 2.67. The number of carbonyl (C=O) groups excluding carboxylic acids is 1. The number of carbonyl (C=O) groups is 1. The number of aliphatic hydroxyl groups excluding tert-OH is 1. The van der Waals surface area contributed by atoms with Gasteiger partial charge in [-0.3, -0.25) is 4.79 Å². The first-order valence-corrected chi connectivity index (χ1v) is 5.02. The van der Waals surface area contributed by atoms with Crippen LogP contribution < -0.4 is 5.32 Å². The molecule has 0 spiro atoms. The van der Waals surface area contributed by atoms with Gasteiger partial charge in [0.2, 0.25) is 5.91 Å². The predicted octanol–water partition coefficient (Wildman–Crippen LogP) is 0.275. The second-order valence-electron chi connectivity index (χ2n) is 3.43. The molecule has 1 heterocycles. The molecule has 2 aromatic rings. The van der Waals surface area contributed by atoms with Crippen molar-refractivity contribution in [2.24, 2.45) is 0 Å². The van der Waals surface area contributed by atoms with Gasteiger partial charge < -0.3 is 15.0 Å². The van der Waals surface area contributed by atoms with Gasteiger partial charge in [-0.05, 0) is 12.1 Å². The van der Waals surface area contributed by atoms with Gasteiger partial charge in [0.1, 0.15) is 19.0 Å². The smallest absolute Gasteiger partial charge is 0.239 e. The molecule has 0 saturated heterocycles. The molecule has 0 radical (unpaired) electrons. The lowest BCUT2D eigenvalue weighted by Gasteiger charge is -2.06. The third-order valence-corrected chi connectivity index (χ3v) is 2.46. The number of imidazole rings is 1. The lowest BCUT2D eigenvalue weighted by molar-refractivity contribution is -0.121. The van der Waals surface area contributed by atoms with Crippen LogP contribution in [-0.4, -0.2) is 27.6 Å². The number of likely N-dealkylation sites (N-methyl/N-ethyl adjacent to an activating group) is 1. The van der Waals surface area contributed by atoms with E-state index in [9.17, 15) is 9.90 Å². The van der Waals surface area contributed by atoms with E-state index in [-0.39, 0.29) is 19.1 Å². The Kier molecular flexibility index (Phi) is 2.87. The first-order valence-electron chi connectivity index (χ1n) is 5.02. The van der Waals surface area contributed by atoms with E-state index in [1.165, 1.54) is 0 Å². The second kappa shape index (κ2) is 4.32. The van der Waals surface area contributed by atoms with Gasteiger partial charge in [0, 0.05) is 7.05 Å². The third-order valence-electron chi connectivity index (χ3n) is 2.46. The van der Waals surface area contributed by atoms with Crippen LogP contribution in [0.5, 0.6) is 0 Å². The van der Waals surface area contributed by atoms with Crippen LogP contribution in [0.25, 0.3) is 11.0 Å². The fourth-order valence-corrected chi connectivity index (χ4v) is 1.65. The molecule has 1 aromatic carbocycles. The van der Waals surface area contributed by atoms with E-state index in [1.54, 1.807) is 11.6 Å². The van der Waals surface area contributed by atoms with Gasteiger partial charge in [-0.1, -0.05) is 12.1 Å². The minimum atomic E-state index is -0.175. The van der Waals surface area contributed by atoms with E-state index in [2.05, 4.69) is 10.3 Å². The normalized spacial score (nSPS) is 10.6. The molecule has 0 aliphatic carbocycles. The minimum Gasteiger partial charge on any atom is -0.388 e. The summed E-state index contributed by atoms with van der Waals surface area (Å²) < 4.78 is 1.72. The van der Waals surface area contributed by atoms with Crippen molar-refractivity contribution in [2.45, 2.75) is 13.2 Å². The second-order valence-corrected chi connectivity index (χ2v) is 3.43. The SMILES string of the molecule is CNC(=O)Cn1c(CO)nc2ccccc21. The number of aliphatic hydroxyl groups is 1. The summed E-state index contributed by atoms with van der Waals surface area (Å²) in [5.74, 6) is 0.391. The number of aromatic nitrogens is 2. The molecule has 0 saturated carbocycles. The number of rotatable bonds is 3. The van der Waals surface area contributed by atoms with Gasteiger partial charge in [-0.2, -0.15) is 0 Å². The van der Waals surface area contributed by atoms with Gasteiger partial charge in [0.15, 0.2) is 0 Å². The highest BCUT2D eigenvalue weighted by Crippen LogP contribution is 2.15. The molecule has 0 unspecified atom stereocenters. The van der Waals surface area contributed by atoms with Crippen LogP contribution >= 0.6 is 0 Å². The van der Waals surface area contributed by atoms with Gasteiger partial charge in [-0.25, -0.2) is 4.98 Å². The molecule has 2 rings (SSSR count). The Hall–Kier alpha value is -1.88. The van der Waals surface area contributed by atoms with Gasteiger partial charge in [0.25, 0.3) is 0 Å². The molecule has 0 aliphatic rings. The Balaban J connectivity index is 2.51. The molecule has 0 bridgehead atoms. The Labute approximate surface area is 92.7 Å². The van der Waals surface area contributed by atoms with Crippen molar-refractivity contribution < 1.29 is 9.90 Å². The molecule has 84 valence electrons. The van der Waals surface area contributed by atoms with Crippen molar-refractivity contribution in [3.05, 3.63) is 30.1 Å². The van der Waals surface area contributed by atoms with Crippen LogP contribution in [0.2, 0.25) is 0 Å². The number of hydrogen-bond acceptors (Lipinski definition) is 3. The molecular formula is C11H13N3O2. The Bertz CT molecular complexity index is 519. The van der Waals surface area contributed by atoms with Crippen LogP contribution in [0.1, 0.15) is 5.82 Å². The van der Waals surface area contributed by atoms with Crippen molar-refractivity contribution in [1.29, 1.82) is 0 Å². The first-order chi connectivity index (χ1) is 7.76. The largest absolute Gasteiger partial charge is 0.388 e. The molecule has 5 heteroatoms. The standard InChI is InChI=1S/C11H13N3O2/c1-12-11(16)6-14-9-5-3-2-4-8(9)13-10(14)7-15/h2-5,15H,6-7H2,1H3,(H,12,16). The topological polar surface area (TPSA) is 67.2 Å². The van der Waals surface area contributed by atoms with Crippen LogP contribution in [0.3, 0.4) is 0 Å². The van der Waals surface area contributed by atoms with Gasteiger partial charge >= 0.3 is 0 Å². The number of fused-ring (bicyclic) bond motifs is 1. The summed E-state index contributed by atoms with van der Waals surface area (Å²) >= 11 is 0. The lowest BCUT2D eigenvalue weighted by Crippen LogP contribution is -2.24. The molecule has 16 heavy (non-hydrogen) atoms. The number of nitrogens with zero attached hydrogens (tertiary/aromatic N) is 2. The fourth-order valence-electron chi connectivity index (χ4n) is 1.65. The van der Waals surface area contributed by atoms with Crippen LogP contribution in [0, 0.1) is 0 Å². The van der Waals surface area contributed by atoms with E-state index < -0.39 is 0 Å². The van der Waals surface area contributed by atoms with Crippen molar-refractivity contribution in [3.8, 4) is 0 Å².